The fourth-order valence-electron chi connectivity index (χ4n) is 2.88. The molecule has 0 heterocycles. The molecule has 4 nitrogen and oxygen atoms in total. The average Bonchev–Trinajstić information content (AvgIpc) is 2.40. The van der Waals surface area contributed by atoms with E-state index in [4.69, 9.17) is 11.6 Å². The molecule has 1 aromatic rings. The monoisotopic (exact) mass is 350 g/mol. The molecule has 118 valence electrons. The molecular weight excluding hydrogens is 332 g/mol. The van der Waals surface area contributed by atoms with E-state index in [2.05, 4.69) is 0 Å². The predicted molar refractivity (Wildman–Crippen MR) is 85.0 cm³/mol. The first-order valence-electron chi connectivity index (χ1n) is 6.85. The van der Waals surface area contributed by atoms with Gasteiger partial charge < -0.3 is 0 Å². The van der Waals surface area contributed by atoms with Crippen LogP contribution in [0.15, 0.2) is 24.3 Å². The van der Waals surface area contributed by atoms with E-state index in [1.165, 1.54) is 0 Å². The summed E-state index contributed by atoms with van der Waals surface area (Å²) in [6, 6.07) is 6.61. The number of benzene rings is 1. The summed E-state index contributed by atoms with van der Waals surface area (Å²) in [6.07, 6.45) is 3.52. The van der Waals surface area contributed by atoms with E-state index in [1.807, 2.05) is 0 Å². The van der Waals surface area contributed by atoms with E-state index in [0.29, 0.717) is 23.4 Å². The van der Waals surface area contributed by atoms with Gasteiger partial charge in [0, 0.05) is 11.3 Å². The SMILES string of the molecule is CS(=O)(=O)C1CCCCC1S(=O)(=O)Cc1ccc(Cl)cc1. The third kappa shape index (κ3) is 4.20. The fraction of sp³-hybridized carbons (Fsp3) is 0.571. The van der Waals surface area contributed by atoms with Crippen molar-refractivity contribution in [2.75, 3.05) is 6.26 Å². The van der Waals surface area contributed by atoms with Crippen LogP contribution in [-0.2, 0) is 25.4 Å². The highest BCUT2D eigenvalue weighted by atomic mass is 35.5. The lowest BCUT2D eigenvalue weighted by molar-refractivity contribution is 0.471. The number of hydrogen-bond acceptors (Lipinski definition) is 4. The van der Waals surface area contributed by atoms with Crippen molar-refractivity contribution in [1.82, 2.24) is 0 Å². The molecule has 0 N–H and O–H groups in total. The minimum absolute atomic E-state index is 0.138. The quantitative estimate of drug-likeness (QED) is 0.837. The van der Waals surface area contributed by atoms with E-state index in [9.17, 15) is 16.8 Å². The number of halogens is 1. The minimum Gasteiger partial charge on any atom is -0.229 e. The van der Waals surface area contributed by atoms with Crippen LogP contribution in [0.5, 0.6) is 0 Å². The molecule has 2 unspecified atom stereocenters. The van der Waals surface area contributed by atoms with Crippen molar-refractivity contribution in [3.8, 4) is 0 Å². The molecule has 2 rings (SSSR count). The van der Waals surface area contributed by atoms with Gasteiger partial charge in [-0.1, -0.05) is 36.6 Å². The van der Waals surface area contributed by atoms with Gasteiger partial charge >= 0.3 is 0 Å². The zero-order valence-corrected chi connectivity index (χ0v) is 14.2. The van der Waals surface area contributed by atoms with E-state index >= 15 is 0 Å². The Labute approximate surface area is 131 Å². The van der Waals surface area contributed by atoms with E-state index < -0.39 is 30.2 Å². The third-order valence-electron chi connectivity index (χ3n) is 3.93. The normalized spacial score (nSPS) is 23.9. The highest BCUT2D eigenvalue weighted by Gasteiger charge is 2.40. The van der Waals surface area contributed by atoms with Gasteiger partial charge in [0.2, 0.25) is 0 Å². The molecule has 1 fully saturated rings. The molecule has 0 aliphatic heterocycles. The van der Waals surface area contributed by atoms with Crippen molar-refractivity contribution >= 4 is 31.3 Å². The van der Waals surface area contributed by atoms with E-state index in [0.717, 1.165) is 19.1 Å². The summed E-state index contributed by atoms with van der Waals surface area (Å²) in [6.45, 7) is 0. The second-order valence-corrected chi connectivity index (χ2v) is 10.5. The lowest BCUT2D eigenvalue weighted by Crippen LogP contribution is -2.42. The van der Waals surface area contributed by atoms with Crippen LogP contribution < -0.4 is 0 Å². The second-order valence-electron chi connectivity index (χ2n) is 5.62. The maximum absolute atomic E-state index is 12.6. The molecule has 1 aromatic carbocycles. The van der Waals surface area contributed by atoms with E-state index in [1.54, 1.807) is 24.3 Å². The Hall–Kier alpha value is -0.590. The molecule has 0 aromatic heterocycles. The van der Waals surface area contributed by atoms with Crippen LogP contribution in [0.25, 0.3) is 0 Å². The van der Waals surface area contributed by atoms with E-state index in [-0.39, 0.29) is 5.75 Å². The molecule has 1 aliphatic rings. The number of rotatable bonds is 4. The van der Waals surface area contributed by atoms with Gasteiger partial charge in [-0.2, -0.15) is 0 Å². The van der Waals surface area contributed by atoms with Crippen LogP contribution in [0.1, 0.15) is 31.2 Å². The molecule has 0 amide bonds. The molecule has 0 radical (unpaired) electrons. The smallest absolute Gasteiger partial charge is 0.158 e. The zero-order valence-electron chi connectivity index (χ0n) is 11.8. The Morgan fingerprint density at radius 3 is 2.05 bits per heavy atom. The van der Waals surface area contributed by atoms with Crippen LogP contribution in [0.4, 0.5) is 0 Å². The second kappa shape index (κ2) is 6.26. The number of hydrogen-bond donors (Lipinski definition) is 0. The largest absolute Gasteiger partial charge is 0.229 e. The highest BCUT2D eigenvalue weighted by Crippen LogP contribution is 2.31. The summed E-state index contributed by atoms with van der Waals surface area (Å²) >= 11 is 5.79. The maximum atomic E-state index is 12.6. The Morgan fingerprint density at radius 2 is 1.52 bits per heavy atom. The molecule has 21 heavy (non-hydrogen) atoms. The minimum atomic E-state index is -3.50. The van der Waals surface area contributed by atoms with Crippen molar-refractivity contribution in [3.05, 3.63) is 34.9 Å². The van der Waals surface area contributed by atoms with Gasteiger partial charge in [0.25, 0.3) is 0 Å². The number of sulfone groups is 2. The topological polar surface area (TPSA) is 68.3 Å². The lowest BCUT2D eigenvalue weighted by atomic mass is 10.00. The fourth-order valence-corrected chi connectivity index (χ4v) is 7.40. The van der Waals surface area contributed by atoms with Gasteiger partial charge in [0.15, 0.2) is 19.7 Å². The first-order chi connectivity index (χ1) is 9.70. The molecule has 1 saturated carbocycles. The Kier molecular flexibility index (Phi) is 5.00. The summed E-state index contributed by atoms with van der Waals surface area (Å²) in [5, 5.41) is -1.02. The zero-order chi connectivity index (χ0) is 15.7. The lowest BCUT2D eigenvalue weighted by Gasteiger charge is -2.29. The first-order valence-corrected chi connectivity index (χ1v) is 10.9. The maximum Gasteiger partial charge on any atom is 0.158 e. The molecular formula is C14H19ClO4S2. The van der Waals surface area contributed by atoms with Gasteiger partial charge in [-0.25, -0.2) is 16.8 Å². The summed E-state index contributed by atoms with van der Waals surface area (Å²) in [7, 11) is -6.86. The summed E-state index contributed by atoms with van der Waals surface area (Å²) in [4.78, 5) is 0. The van der Waals surface area contributed by atoms with Crippen LogP contribution in [-0.4, -0.2) is 33.6 Å². The van der Waals surface area contributed by atoms with Gasteiger partial charge in [-0.05, 0) is 30.5 Å². The van der Waals surface area contributed by atoms with Crippen LogP contribution >= 0.6 is 11.6 Å². The molecule has 2 atom stereocenters. The first kappa shape index (κ1) is 16.8. The molecule has 0 bridgehead atoms. The molecule has 1 aliphatic carbocycles. The third-order valence-corrected chi connectivity index (χ3v) is 8.25. The highest BCUT2D eigenvalue weighted by molar-refractivity contribution is 7.95. The van der Waals surface area contributed by atoms with Crippen molar-refractivity contribution in [2.45, 2.75) is 41.9 Å². The molecule has 7 heteroatoms. The van der Waals surface area contributed by atoms with Gasteiger partial charge in [0.05, 0.1) is 16.3 Å². The standard InChI is InChI=1S/C14H19ClO4S2/c1-20(16,17)13-4-2-3-5-14(13)21(18,19)10-11-6-8-12(15)9-7-11/h6-9,13-14H,2-5,10H2,1H3. The molecule has 0 saturated heterocycles. The van der Waals surface area contributed by atoms with Crippen molar-refractivity contribution in [2.24, 2.45) is 0 Å². The van der Waals surface area contributed by atoms with Crippen molar-refractivity contribution < 1.29 is 16.8 Å². The predicted octanol–water partition coefficient (Wildman–Crippen LogP) is 2.61. The van der Waals surface area contributed by atoms with Crippen molar-refractivity contribution in [1.29, 1.82) is 0 Å². The van der Waals surface area contributed by atoms with Gasteiger partial charge in [0.1, 0.15) is 0 Å². The average molecular weight is 351 g/mol. The Balaban J connectivity index is 2.26. The summed E-state index contributed by atoms with van der Waals surface area (Å²) in [5.74, 6) is -0.138. The van der Waals surface area contributed by atoms with Crippen LogP contribution in [0, 0.1) is 0 Å². The van der Waals surface area contributed by atoms with Gasteiger partial charge in [-0.3, -0.25) is 0 Å². The molecule has 0 spiro atoms. The Bertz CT molecular complexity index is 693. The van der Waals surface area contributed by atoms with Gasteiger partial charge in [-0.15, -0.1) is 0 Å². The Morgan fingerprint density at radius 1 is 1.00 bits per heavy atom. The summed E-state index contributed by atoms with van der Waals surface area (Å²) in [5.41, 5.74) is 0.636. The van der Waals surface area contributed by atoms with Crippen LogP contribution in [0.2, 0.25) is 5.02 Å². The van der Waals surface area contributed by atoms with Crippen LogP contribution in [0.3, 0.4) is 0 Å². The summed E-state index contributed by atoms with van der Waals surface area (Å²) < 4.78 is 48.9. The van der Waals surface area contributed by atoms with Crippen molar-refractivity contribution in [3.63, 3.8) is 0 Å².